The number of fused-ring (bicyclic) bond motifs is 11. The first-order valence-corrected chi connectivity index (χ1v) is 14.4. The van der Waals surface area contributed by atoms with Crippen LogP contribution in [0.5, 0.6) is 0 Å². The lowest BCUT2D eigenvalue weighted by atomic mass is 9.82. The van der Waals surface area contributed by atoms with E-state index in [9.17, 15) is 0 Å². The summed E-state index contributed by atoms with van der Waals surface area (Å²) in [4.78, 5) is 0. The molecule has 6 aromatic carbocycles. The number of hydrogen-bond acceptors (Lipinski definition) is 1. The summed E-state index contributed by atoms with van der Waals surface area (Å²) in [6.45, 7) is 4.73. The Kier molecular flexibility index (Phi) is 4.07. The molecule has 184 valence electrons. The predicted octanol–water partition coefficient (Wildman–Crippen LogP) is 10.6. The van der Waals surface area contributed by atoms with E-state index in [4.69, 9.17) is 0 Å². The zero-order chi connectivity index (χ0) is 25.9. The molecule has 0 atom stereocenters. The molecule has 2 heterocycles. The first-order chi connectivity index (χ1) is 19.1. The summed E-state index contributed by atoms with van der Waals surface area (Å²) in [5.41, 5.74) is 9.28. The summed E-state index contributed by atoms with van der Waals surface area (Å²) in [5.74, 6) is 0. The van der Waals surface area contributed by atoms with Crippen LogP contribution in [-0.2, 0) is 5.41 Å². The summed E-state index contributed by atoms with van der Waals surface area (Å²) in [5, 5.41) is 7.87. The number of nitrogens with zero attached hydrogens (tertiary/aromatic N) is 1. The van der Waals surface area contributed by atoms with Gasteiger partial charge in [0.15, 0.2) is 0 Å². The lowest BCUT2D eigenvalue weighted by molar-refractivity contribution is 0.660. The minimum absolute atomic E-state index is 0.0421. The Morgan fingerprint density at radius 2 is 1.31 bits per heavy atom. The molecule has 0 bridgehead atoms. The van der Waals surface area contributed by atoms with E-state index >= 15 is 0 Å². The monoisotopic (exact) mass is 515 g/mol. The van der Waals surface area contributed by atoms with Crippen LogP contribution in [0.4, 0.5) is 0 Å². The average molecular weight is 516 g/mol. The molecule has 0 saturated heterocycles. The second-order valence-corrected chi connectivity index (χ2v) is 12.5. The highest BCUT2D eigenvalue weighted by atomic mass is 32.1. The molecule has 0 radical (unpaired) electrons. The van der Waals surface area contributed by atoms with Gasteiger partial charge in [-0.1, -0.05) is 98.8 Å². The van der Waals surface area contributed by atoms with Gasteiger partial charge in [0, 0.05) is 47.4 Å². The van der Waals surface area contributed by atoms with E-state index in [-0.39, 0.29) is 5.41 Å². The molecule has 0 unspecified atom stereocenters. The van der Waals surface area contributed by atoms with Gasteiger partial charge in [-0.05, 0) is 58.0 Å². The third-order valence-electron chi connectivity index (χ3n) is 8.98. The van der Waals surface area contributed by atoms with Crippen molar-refractivity contribution in [2.45, 2.75) is 19.3 Å². The molecular formula is C37H25NS. The van der Waals surface area contributed by atoms with E-state index in [1.165, 1.54) is 80.7 Å². The number of hydrogen-bond donors (Lipinski definition) is 0. The van der Waals surface area contributed by atoms with Crippen molar-refractivity contribution in [3.63, 3.8) is 0 Å². The van der Waals surface area contributed by atoms with Crippen LogP contribution in [-0.4, -0.2) is 4.57 Å². The van der Waals surface area contributed by atoms with Crippen LogP contribution in [0.2, 0.25) is 0 Å². The van der Waals surface area contributed by atoms with Crippen molar-refractivity contribution in [3.8, 4) is 16.8 Å². The second kappa shape index (κ2) is 7.37. The maximum atomic E-state index is 2.53. The smallest absolute Gasteiger partial charge is 0.0619 e. The standard InChI is InChI=1S/C37H25NS/c1-37(2)31-13-7-5-11-25(31)26-18-16-23(19-32(26)37)38-33-20-30-27-12-6-8-14-34(27)39-35(30)21-29(33)28-17-15-22-9-3-4-10-24(22)36(28)38/h3-21H,1-2H3. The highest BCUT2D eigenvalue weighted by molar-refractivity contribution is 7.25. The van der Waals surface area contributed by atoms with Crippen LogP contribution in [0.25, 0.3) is 69.6 Å². The molecule has 39 heavy (non-hydrogen) atoms. The zero-order valence-electron chi connectivity index (χ0n) is 21.8. The summed E-state index contributed by atoms with van der Waals surface area (Å²) in [6, 6.07) is 43.1. The van der Waals surface area contributed by atoms with Gasteiger partial charge < -0.3 is 4.57 Å². The number of benzene rings is 6. The van der Waals surface area contributed by atoms with Crippen molar-refractivity contribution in [1.82, 2.24) is 4.57 Å². The normalized spacial score (nSPS) is 14.1. The molecule has 1 aliphatic carbocycles. The van der Waals surface area contributed by atoms with Gasteiger partial charge in [-0.25, -0.2) is 0 Å². The summed E-state index contributed by atoms with van der Waals surface area (Å²) < 4.78 is 5.22. The zero-order valence-corrected chi connectivity index (χ0v) is 22.6. The van der Waals surface area contributed by atoms with Crippen LogP contribution < -0.4 is 0 Å². The predicted molar refractivity (Wildman–Crippen MR) is 169 cm³/mol. The van der Waals surface area contributed by atoms with Crippen LogP contribution in [0.3, 0.4) is 0 Å². The molecule has 0 amide bonds. The molecule has 9 rings (SSSR count). The quantitative estimate of drug-likeness (QED) is 0.205. The molecule has 0 fully saturated rings. The van der Waals surface area contributed by atoms with E-state index in [0.29, 0.717) is 0 Å². The minimum atomic E-state index is -0.0421. The molecule has 0 spiro atoms. The van der Waals surface area contributed by atoms with Crippen LogP contribution in [0, 0.1) is 0 Å². The van der Waals surface area contributed by atoms with Crippen molar-refractivity contribution in [1.29, 1.82) is 0 Å². The molecule has 0 aliphatic heterocycles. The van der Waals surface area contributed by atoms with E-state index < -0.39 is 0 Å². The Labute approximate surface area is 230 Å². The Morgan fingerprint density at radius 1 is 0.538 bits per heavy atom. The van der Waals surface area contributed by atoms with Gasteiger partial charge in [-0.2, -0.15) is 0 Å². The van der Waals surface area contributed by atoms with Crippen LogP contribution in [0.1, 0.15) is 25.0 Å². The molecule has 8 aromatic rings. The third-order valence-corrected chi connectivity index (χ3v) is 10.1. The van der Waals surface area contributed by atoms with Gasteiger partial charge in [-0.15, -0.1) is 11.3 Å². The third kappa shape index (κ3) is 2.74. The van der Waals surface area contributed by atoms with Gasteiger partial charge in [0.25, 0.3) is 0 Å². The summed E-state index contributed by atoms with van der Waals surface area (Å²) in [7, 11) is 0. The van der Waals surface area contributed by atoms with Crippen molar-refractivity contribution in [2.24, 2.45) is 0 Å². The number of aromatic nitrogens is 1. The van der Waals surface area contributed by atoms with Crippen LogP contribution in [0.15, 0.2) is 115 Å². The largest absolute Gasteiger partial charge is 0.309 e. The van der Waals surface area contributed by atoms with Gasteiger partial charge in [0.2, 0.25) is 0 Å². The second-order valence-electron chi connectivity index (χ2n) is 11.4. The minimum Gasteiger partial charge on any atom is -0.309 e. The first kappa shape index (κ1) is 21.5. The SMILES string of the molecule is CC1(C)c2ccccc2-c2ccc(-n3c4cc5c(cc4c4ccc6ccccc6c43)sc3ccccc35)cc21. The van der Waals surface area contributed by atoms with Crippen molar-refractivity contribution >= 4 is 64.1 Å². The van der Waals surface area contributed by atoms with E-state index in [0.717, 1.165) is 0 Å². The lowest BCUT2D eigenvalue weighted by Gasteiger charge is -2.22. The Hall–Kier alpha value is -4.40. The maximum Gasteiger partial charge on any atom is 0.0619 e. The van der Waals surface area contributed by atoms with Crippen LogP contribution >= 0.6 is 11.3 Å². The highest BCUT2D eigenvalue weighted by Gasteiger charge is 2.35. The molecule has 0 N–H and O–H groups in total. The fourth-order valence-electron chi connectivity index (χ4n) is 7.09. The van der Waals surface area contributed by atoms with Crippen molar-refractivity contribution in [3.05, 3.63) is 126 Å². The Bertz CT molecular complexity index is 2310. The highest BCUT2D eigenvalue weighted by Crippen LogP contribution is 2.50. The lowest BCUT2D eigenvalue weighted by Crippen LogP contribution is -2.15. The number of rotatable bonds is 1. The fraction of sp³-hybridized carbons (Fsp3) is 0.0811. The van der Waals surface area contributed by atoms with E-state index in [2.05, 4.69) is 134 Å². The molecule has 1 aliphatic rings. The molecule has 2 aromatic heterocycles. The van der Waals surface area contributed by atoms with Gasteiger partial charge in [-0.3, -0.25) is 0 Å². The van der Waals surface area contributed by atoms with Gasteiger partial charge in [0.1, 0.15) is 0 Å². The number of thiophene rings is 1. The van der Waals surface area contributed by atoms with Gasteiger partial charge in [0.05, 0.1) is 11.0 Å². The van der Waals surface area contributed by atoms with Gasteiger partial charge >= 0.3 is 0 Å². The molecule has 0 saturated carbocycles. The maximum absolute atomic E-state index is 2.53. The summed E-state index contributed by atoms with van der Waals surface area (Å²) >= 11 is 1.89. The van der Waals surface area contributed by atoms with Crippen molar-refractivity contribution < 1.29 is 0 Å². The summed E-state index contributed by atoms with van der Waals surface area (Å²) in [6.07, 6.45) is 0. The first-order valence-electron chi connectivity index (χ1n) is 13.6. The Balaban J connectivity index is 1.44. The molecule has 1 nitrogen and oxygen atoms in total. The Morgan fingerprint density at radius 3 is 2.23 bits per heavy atom. The average Bonchev–Trinajstić information content (AvgIpc) is 3.57. The molecule has 2 heteroatoms. The van der Waals surface area contributed by atoms with Crippen molar-refractivity contribution in [2.75, 3.05) is 0 Å². The topological polar surface area (TPSA) is 4.93 Å². The van der Waals surface area contributed by atoms with E-state index in [1.54, 1.807) is 0 Å². The van der Waals surface area contributed by atoms with E-state index in [1.807, 2.05) is 11.3 Å². The molecular weight excluding hydrogens is 490 g/mol. The fourth-order valence-corrected chi connectivity index (χ4v) is 8.22.